The van der Waals surface area contributed by atoms with E-state index in [-0.39, 0.29) is 0 Å². The van der Waals surface area contributed by atoms with Crippen molar-refractivity contribution in [2.75, 3.05) is 0 Å². The Kier molecular flexibility index (Phi) is 4.39. The maximum atomic E-state index is 4.92. The quantitative estimate of drug-likeness (QED) is 0.187. The summed E-state index contributed by atoms with van der Waals surface area (Å²) in [5, 5.41) is 18.4. The standard InChI is InChI=1S/C39H23N/c1-3-27-17-29(5-1)31-13-9-24-7-8-25-11-15-33(21-37(25)35(24)19-31)39-22-38-34(23-40-39)16-12-26-10-14-32(20-36(26)38)30-6-2-4-28(27)18-30/h1-23H. The highest BCUT2D eigenvalue weighted by atomic mass is 14.6. The largest absolute Gasteiger partial charge is 0.256 e. The molecule has 0 spiro atoms. The predicted octanol–water partition coefficient (Wildman–Crippen LogP) is 10.9. The Hall–Kier alpha value is -5.27. The van der Waals surface area contributed by atoms with Crippen molar-refractivity contribution in [3.63, 3.8) is 0 Å². The van der Waals surface area contributed by atoms with E-state index in [1.165, 1.54) is 70.0 Å². The summed E-state index contributed by atoms with van der Waals surface area (Å²) in [6.45, 7) is 0. The van der Waals surface area contributed by atoms with Crippen LogP contribution in [0.1, 0.15) is 0 Å². The van der Waals surface area contributed by atoms with E-state index in [0.717, 1.165) is 16.3 Å². The Labute approximate surface area is 230 Å². The van der Waals surface area contributed by atoms with Gasteiger partial charge in [0.2, 0.25) is 0 Å². The smallest absolute Gasteiger partial charge is 0.0708 e. The van der Waals surface area contributed by atoms with Gasteiger partial charge in [0.05, 0.1) is 5.52 Å². The third-order valence-corrected chi connectivity index (χ3v) is 8.58. The first-order valence-electron chi connectivity index (χ1n) is 13.8. The van der Waals surface area contributed by atoms with Crippen molar-refractivity contribution < 1.29 is 0 Å². The molecule has 1 aromatic heterocycles. The van der Waals surface area contributed by atoms with Gasteiger partial charge in [0.25, 0.3) is 0 Å². The maximum absolute atomic E-state index is 4.92. The van der Waals surface area contributed by atoms with Crippen molar-refractivity contribution >= 4 is 86.3 Å². The predicted molar refractivity (Wildman–Crippen MR) is 173 cm³/mol. The van der Waals surface area contributed by atoms with E-state index < -0.39 is 0 Å². The SMILES string of the molecule is c1cc2cc(c1)c1ccc3ccc4ccc(cc4c3c1)c1cc3c(ccc4ccc(cc43)c3cccc2c3)cn1. The number of rotatable bonds is 0. The summed E-state index contributed by atoms with van der Waals surface area (Å²) in [6, 6.07) is 49.4. The summed E-state index contributed by atoms with van der Waals surface area (Å²) in [7, 11) is 0. The van der Waals surface area contributed by atoms with Crippen molar-refractivity contribution in [2.45, 2.75) is 0 Å². The molecule has 0 unspecified atom stereocenters. The van der Waals surface area contributed by atoms with Crippen LogP contribution in [-0.4, -0.2) is 4.98 Å². The van der Waals surface area contributed by atoms with Crippen LogP contribution in [0.4, 0.5) is 0 Å². The molecule has 1 heterocycles. The highest BCUT2D eigenvalue weighted by Gasteiger charge is 2.06. The molecular weight excluding hydrogens is 482 g/mol. The summed E-state index contributed by atoms with van der Waals surface area (Å²) in [6.07, 6.45) is 2.02. The molecule has 0 amide bonds. The van der Waals surface area contributed by atoms with E-state index >= 15 is 0 Å². The van der Waals surface area contributed by atoms with Crippen LogP contribution in [0, 0.1) is 0 Å². The summed E-state index contributed by atoms with van der Waals surface area (Å²) >= 11 is 0. The fourth-order valence-electron chi connectivity index (χ4n) is 6.43. The molecule has 12 bridgehead atoms. The molecule has 0 saturated carbocycles. The number of fused-ring (bicyclic) bond motifs is 12. The van der Waals surface area contributed by atoms with Crippen LogP contribution >= 0.6 is 0 Å². The zero-order valence-corrected chi connectivity index (χ0v) is 21.7. The lowest BCUT2D eigenvalue weighted by molar-refractivity contribution is 1.45. The van der Waals surface area contributed by atoms with Gasteiger partial charge in [-0.2, -0.15) is 0 Å². The molecule has 0 fully saturated rings. The molecule has 8 aromatic carbocycles. The van der Waals surface area contributed by atoms with Gasteiger partial charge in [0.1, 0.15) is 0 Å². The average Bonchev–Trinajstić information content (AvgIpc) is 3.03. The third-order valence-electron chi connectivity index (χ3n) is 8.58. The van der Waals surface area contributed by atoms with Gasteiger partial charge in [-0.1, -0.05) is 97.1 Å². The molecule has 1 nitrogen and oxygen atoms in total. The second-order valence-corrected chi connectivity index (χ2v) is 10.9. The monoisotopic (exact) mass is 505 g/mol. The van der Waals surface area contributed by atoms with Gasteiger partial charge in [-0.25, -0.2) is 0 Å². The zero-order chi connectivity index (χ0) is 26.2. The van der Waals surface area contributed by atoms with Gasteiger partial charge in [0.15, 0.2) is 0 Å². The zero-order valence-electron chi connectivity index (χ0n) is 21.7. The molecule has 0 N–H and O–H groups in total. The fraction of sp³-hybridized carbons (Fsp3) is 0. The van der Waals surface area contributed by atoms with Crippen LogP contribution in [-0.2, 0) is 0 Å². The average molecular weight is 506 g/mol. The minimum Gasteiger partial charge on any atom is -0.256 e. The van der Waals surface area contributed by atoms with Gasteiger partial charge in [-0.05, 0) is 106 Å². The molecule has 0 radical (unpaired) electrons. The van der Waals surface area contributed by atoms with E-state index in [9.17, 15) is 0 Å². The van der Waals surface area contributed by atoms with Crippen LogP contribution in [0.2, 0.25) is 0 Å². The molecule has 0 aliphatic rings. The third kappa shape index (κ3) is 3.25. The Bertz CT molecular complexity index is 2360. The summed E-state index contributed by atoms with van der Waals surface area (Å²) in [5.41, 5.74) is 0.997. The first-order chi connectivity index (χ1) is 19.8. The molecule has 0 aliphatic heterocycles. The van der Waals surface area contributed by atoms with Crippen molar-refractivity contribution in [3.8, 4) is 0 Å². The van der Waals surface area contributed by atoms with Crippen LogP contribution in [0.3, 0.4) is 0 Å². The van der Waals surface area contributed by atoms with Crippen LogP contribution in [0.15, 0.2) is 140 Å². The first-order valence-corrected chi connectivity index (χ1v) is 13.8. The Balaban J connectivity index is 1.55. The number of pyridine rings is 1. The van der Waals surface area contributed by atoms with Crippen LogP contribution in [0.5, 0.6) is 0 Å². The Morgan fingerprint density at radius 1 is 0.275 bits per heavy atom. The molecular formula is C39H23N. The highest BCUT2D eigenvalue weighted by Crippen LogP contribution is 2.33. The Morgan fingerprint density at radius 2 is 0.625 bits per heavy atom. The van der Waals surface area contributed by atoms with E-state index in [4.69, 9.17) is 4.98 Å². The van der Waals surface area contributed by atoms with Crippen molar-refractivity contribution in [3.05, 3.63) is 140 Å². The van der Waals surface area contributed by atoms with Crippen molar-refractivity contribution in [2.24, 2.45) is 0 Å². The van der Waals surface area contributed by atoms with Gasteiger partial charge in [-0.15, -0.1) is 0 Å². The van der Waals surface area contributed by atoms with Crippen LogP contribution in [0.25, 0.3) is 86.3 Å². The molecule has 0 atom stereocenters. The van der Waals surface area contributed by atoms with Gasteiger partial charge >= 0.3 is 0 Å². The lowest BCUT2D eigenvalue weighted by atomic mass is 9.97. The maximum Gasteiger partial charge on any atom is 0.0708 e. The molecule has 1 heteroatoms. The lowest BCUT2D eigenvalue weighted by Crippen LogP contribution is -1.83. The molecule has 184 valence electrons. The van der Waals surface area contributed by atoms with Crippen molar-refractivity contribution in [1.29, 1.82) is 0 Å². The van der Waals surface area contributed by atoms with E-state index in [1.807, 2.05) is 6.20 Å². The lowest BCUT2D eigenvalue weighted by Gasteiger charge is -2.08. The van der Waals surface area contributed by atoms with Gasteiger partial charge in [-0.3, -0.25) is 4.98 Å². The molecule has 9 aromatic rings. The Morgan fingerprint density at radius 3 is 1.12 bits per heavy atom. The van der Waals surface area contributed by atoms with E-state index in [0.29, 0.717) is 0 Å². The number of nitrogens with zero attached hydrogens (tertiary/aromatic N) is 1. The van der Waals surface area contributed by atoms with Gasteiger partial charge < -0.3 is 0 Å². The van der Waals surface area contributed by atoms with Crippen molar-refractivity contribution in [1.82, 2.24) is 4.98 Å². The highest BCUT2D eigenvalue weighted by molar-refractivity contribution is 6.15. The number of aromatic nitrogens is 1. The topological polar surface area (TPSA) is 12.9 Å². The number of hydrogen-bond acceptors (Lipinski definition) is 1. The second kappa shape index (κ2) is 8.11. The minimum absolute atomic E-state index is 0.997. The summed E-state index contributed by atoms with van der Waals surface area (Å²) in [4.78, 5) is 4.92. The molecule has 9 rings (SSSR count). The van der Waals surface area contributed by atoms with E-state index in [2.05, 4.69) is 133 Å². The number of hydrogen-bond donors (Lipinski definition) is 0. The van der Waals surface area contributed by atoms with Crippen LogP contribution < -0.4 is 0 Å². The number of benzene rings is 7. The molecule has 40 heavy (non-hydrogen) atoms. The second-order valence-electron chi connectivity index (χ2n) is 10.9. The normalized spacial score (nSPS) is 12.0. The minimum atomic E-state index is 0.997. The molecule has 0 aliphatic carbocycles. The summed E-state index contributed by atoms with van der Waals surface area (Å²) < 4.78 is 0. The summed E-state index contributed by atoms with van der Waals surface area (Å²) in [5.74, 6) is 0. The fourth-order valence-corrected chi connectivity index (χ4v) is 6.43. The first kappa shape index (κ1) is 21.6. The van der Waals surface area contributed by atoms with Gasteiger partial charge in [0, 0.05) is 17.0 Å². The van der Waals surface area contributed by atoms with E-state index in [1.54, 1.807) is 0 Å². The molecule has 0 saturated heterocycles.